The van der Waals surface area contributed by atoms with E-state index in [0.29, 0.717) is 6.61 Å². The minimum Gasteiger partial charge on any atom is -0.485 e. The van der Waals surface area contributed by atoms with Gasteiger partial charge in [0, 0.05) is 11.9 Å². The van der Waals surface area contributed by atoms with Crippen LogP contribution in [0.1, 0.15) is 4.88 Å². The summed E-state index contributed by atoms with van der Waals surface area (Å²) in [6, 6.07) is 9.86. The second-order valence-corrected chi connectivity index (χ2v) is 5.45. The molecule has 2 aromatic rings. The number of para-hydroxylation sites is 1. The Morgan fingerprint density at radius 1 is 1.35 bits per heavy atom. The Kier molecular flexibility index (Phi) is 4.04. The van der Waals surface area contributed by atoms with Gasteiger partial charge >= 0.3 is 0 Å². The number of hydrogen-bond donors (Lipinski definition) is 1. The van der Waals surface area contributed by atoms with Crippen molar-refractivity contribution >= 4 is 33.0 Å². The van der Waals surface area contributed by atoms with E-state index < -0.39 is 0 Å². The predicted octanol–water partition coefficient (Wildman–Crippen LogP) is 3.40. The highest BCUT2D eigenvalue weighted by Gasteiger charge is 2.10. The summed E-state index contributed by atoms with van der Waals surface area (Å²) < 4.78 is 6.72. The standard InChI is InChI=1S/C12H13BrN2OS/c1-15(14)11-6-2-5-10(13)12(11)16-8-9-4-3-7-17-9/h2-7H,8,14H2,1H3. The van der Waals surface area contributed by atoms with Crippen molar-refractivity contribution in [3.05, 3.63) is 45.1 Å². The second-order valence-electron chi connectivity index (χ2n) is 3.57. The molecule has 0 radical (unpaired) electrons. The summed E-state index contributed by atoms with van der Waals surface area (Å²) >= 11 is 5.15. The molecule has 90 valence electrons. The van der Waals surface area contributed by atoms with Crippen LogP contribution in [-0.2, 0) is 6.61 Å². The number of nitrogens with zero attached hydrogens (tertiary/aromatic N) is 1. The second kappa shape index (κ2) is 5.53. The Morgan fingerprint density at radius 2 is 2.18 bits per heavy atom. The molecule has 0 saturated heterocycles. The van der Waals surface area contributed by atoms with Crippen molar-refractivity contribution in [1.82, 2.24) is 0 Å². The molecule has 2 rings (SSSR count). The Bertz CT molecular complexity index is 485. The SMILES string of the molecule is CN(N)c1cccc(Br)c1OCc1cccs1. The summed E-state index contributed by atoms with van der Waals surface area (Å²) in [5, 5.41) is 3.59. The predicted molar refractivity (Wildman–Crippen MR) is 75.4 cm³/mol. The third kappa shape index (κ3) is 3.00. The number of thiophene rings is 1. The van der Waals surface area contributed by atoms with Crippen molar-refractivity contribution < 1.29 is 4.74 Å². The van der Waals surface area contributed by atoms with Crippen LogP contribution in [0.4, 0.5) is 5.69 Å². The lowest BCUT2D eigenvalue weighted by Crippen LogP contribution is -2.25. The summed E-state index contributed by atoms with van der Waals surface area (Å²) in [5.41, 5.74) is 0.857. The summed E-state index contributed by atoms with van der Waals surface area (Å²) in [5.74, 6) is 6.54. The fourth-order valence-electron chi connectivity index (χ4n) is 1.46. The number of hydrazine groups is 1. The Balaban J connectivity index is 2.19. The highest BCUT2D eigenvalue weighted by Crippen LogP contribution is 2.35. The van der Waals surface area contributed by atoms with Crippen LogP contribution >= 0.6 is 27.3 Å². The van der Waals surface area contributed by atoms with Crippen molar-refractivity contribution in [2.24, 2.45) is 5.84 Å². The minimum atomic E-state index is 0.557. The van der Waals surface area contributed by atoms with Gasteiger partial charge in [0.15, 0.2) is 5.75 Å². The molecule has 0 unspecified atom stereocenters. The van der Waals surface area contributed by atoms with Crippen LogP contribution < -0.4 is 15.6 Å². The maximum absolute atomic E-state index is 5.82. The molecule has 0 saturated carbocycles. The van der Waals surface area contributed by atoms with E-state index in [-0.39, 0.29) is 0 Å². The molecule has 17 heavy (non-hydrogen) atoms. The normalized spacial score (nSPS) is 10.3. The molecule has 0 spiro atoms. The highest BCUT2D eigenvalue weighted by molar-refractivity contribution is 9.10. The average molecular weight is 313 g/mol. The molecule has 0 bridgehead atoms. The van der Waals surface area contributed by atoms with Crippen LogP contribution in [0.5, 0.6) is 5.75 Å². The van der Waals surface area contributed by atoms with Crippen molar-refractivity contribution in [2.75, 3.05) is 12.1 Å². The van der Waals surface area contributed by atoms with Crippen LogP contribution in [0.15, 0.2) is 40.2 Å². The number of benzene rings is 1. The van der Waals surface area contributed by atoms with Crippen LogP contribution in [0, 0.1) is 0 Å². The molecule has 0 fully saturated rings. The third-order valence-electron chi connectivity index (χ3n) is 2.27. The fourth-order valence-corrected chi connectivity index (χ4v) is 2.54. The van der Waals surface area contributed by atoms with E-state index in [0.717, 1.165) is 15.9 Å². The Hall–Kier alpha value is -1.04. The minimum absolute atomic E-state index is 0.557. The number of nitrogens with two attached hydrogens (primary N) is 1. The van der Waals surface area contributed by atoms with Crippen LogP contribution in [0.25, 0.3) is 0 Å². The molecule has 5 heteroatoms. The van der Waals surface area contributed by atoms with E-state index in [4.69, 9.17) is 10.6 Å². The molecule has 0 aliphatic rings. The summed E-state index contributed by atoms with van der Waals surface area (Å²) in [4.78, 5) is 1.19. The molecule has 0 atom stereocenters. The zero-order valence-corrected chi connectivity index (χ0v) is 11.8. The van der Waals surface area contributed by atoms with E-state index in [9.17, 15) is 0 Å². The van der Waals surface area contributed by atoms with E-state index in [2.05, 4.69) is 15.9 Å². The maximum atomic E-state index is 5.82. The lowest BCUT2D eigenvalue weighted by atomic mass is 10.3. The monoisotopic (exact) mass is 312 g/mol. The number of halogens is 1. The first kappa shape index (κ1) is 12.4. The van der Waals surface area contributed by atoms with Crippen molar-refractivity contribution in [1.29, 1.82) is 0 Å². The Morgan fingerprint density at radius 3 is 2.82 bits per heavy atom. The zero-order chi connectivity index (χ0) is 12.3. The van der Waals surface area contributed by atoms with Gasteiger partial charge in [-0.2, -0.15) is 0 Å². The van der Waals surface area contributed by atoms with Gasteiger partial charge in [-0.3, -0.25) is 0 Å². The van der Waals surface area contributed by atoms with Crippen molar-refractivity contribution in [3.63, 3.8) is 0 Å². The molecule has 1 heterocycles. The number of hydrogen-bond acceptors (Lipinski definition) is 4. The first-order valence-corrected chi connectivity index (χ1v) is 6.78. The number of rotatable bonds is 4. The van der Waals surface area contributed by atoms with E-state index in [1.54, 1.807) is 23.4 Å². The molecule has 1 aromatic carbocycles. The molecule has 3 nitrogen and oxygen atoms in total. The largest absolute Gasteiger partial charge is 0.485 e. The molecule has 2 N–H and O–H groups in total. The fraction of sp³-hybridized carbons (Fsp3) is 0.167. The zero-order valence-electron chi connectivity index (χ0n) is 9.39. The van der Waals surface area contributed by atoms with Gasteiger partial charge < -0.3 is 9.75 Å². The molecule has 0 aliphatic carbocycles. The molecule has 0 aliphatic heterocycles. The van der Waals surface area contributed by atoms with Gasteiger partial charge in [-0.1, -0.05) is 12.1 Å². The third-order valence-corrected chi connectivity index (χ3v) is 3.74. The van der Waals surface area contributed by atoms with E-state index >= 15 is 0 Å². The first-order chi connectivity index (χ1) is 8.18. The smallest absolute Gasteiger partial charge is 0.158 e. The summed E-state index contributed by atoms with van der Waals surface area (Å²) in [6.45, 7) is 0.557. The van der Waals surface area contributed by atoms with Crippen LogP contribution in [0.3, 0.4) is 0 Å². The average Bonchev–Trinajstić information content (AvgIpc) is 2.80. The van der Waals surface area contributed by atoms with Gasteiger partial charge in [-0.25, -0.2) is 5.84 Å². The van der Waals surface area contributed by atoms with Gasteiger partial charge in [0.1, 0.15) is 6.61 Å². The van der Waals surface area contributed by atoms with Gasteiger partial charge in [0.2, 0.25) is 0 Å². The van der Waals surface area contributed by atoms with Crippen LogP contribution in [-0.4, -0.2) is 7.05 Å². The maximum Gasteiger partial charge on any atom is 0.158 e. The van der Waals surface area contributed by atoms with E-state index in [1.807, 2.05) is 35.7 Å². The van der Waals surface area contributed by atoms with Crippen LogP contribution in [0.2, 0.25) is 0 Å². The highest BCUT2D eigenvalue weighted by atomic mass is 79.9. The molecular formula is C12H13BrN2OS. The quantitative estimate of drug-likeness (QED) is 0.694. The van der Waals surface area contributed by atoms with E-state index in [1.165, 1.54) is 4.88 Å². The van der Waals surface area contributed by atoms with Crippen molar-refractivity contribution in [2.45, 2.75) is 6.61 Å². The topological polar surface area (TPSA) is 38.5 Å². The van der Waals surface area contributed by atoms with Gasteiger partial charge in [0.25, 0.3) is 0 Å². The molecule has 1 aromatic heterocycles. The van der Waals surface area contributed by atoms with Gasteiger partial charge in [-0.15, -0.1) is 11.3 Å². The number of anilines is 1. The molecular weight excluding hydrogens is 300 g/mol. The molecule has 0 amide bonds. The lowest BCUT2D eigenvalue weighted by molar-refractivity contribution is 0.308. The van der Waals surface area contributed by atoms with Gasteiger partial charge in [0.05, 0.1) is 10.2 Å². The number of ether oxygens (including phenoxy) is 1. The van der Waals surface area contributed by atoms with Crippen molar-refractivity contribution in [3.8, 4) is 5.75 Å². The first-order valence-electron chi connectivity index (χ1n) is 5.10. The lowest BCUT2D eigenvalue weighted by Gasteiger charge is -2.18. The van der Waals surface area contributed by atoms with Gasteiger partial charge in [-0.05, 0) is 39.5 Å². The Labute approximate surface area is 113 Å². The summed E-state index contributed by atoms with van der Waals surface area (Å²) in [7, 11) is 1.79. The summed E-state index contributed by atoms with van der Waals surface area (Å²) in [6.07, 6.45) is 0.